The molecule has 1 aliphatic heterocycles. The molecule has 1 aliphatic rings. The molecule has 0 aliphatic carbocycles. The van der Waals surface area contributed by atoms with Gasteiger partial charge >= 0.3 is 0 Å². The zero-order valence-corrected chi connectivity index (χ0v) is 11.8. The first-order chi connectivity index (χ1) is 8.82. The Balaban J connectivity index is 0.000000344. The van der Waals surface area contributed by atoms with Crippen molar-refractivity contribution in [2.24, 2.45) is 22.2 Å². The summed E-state index contributed by atoms with van der Waals surface area (Å²) in [5.74, 6) is -0.0453. The normalized spacial score (nSPS) is 17.3. The number of allylic oxidation sites excluding steroid dienone is 1. The molecule has 0 aromatic rings. The van der Waals surface area contributed by atoms with Gasteiger partial charge in [-0.2, -0.15) is 0 Å². The minimum Gasteiger partial charge on any atom is -0.388 e. The molecule has 1 rings (SSSR count). The average molecular weight is 298 g/mol. The average Bonchev–Trinajstić information content (AvgIpc) is 2.29. The fourth-order valence-corrected chi connectivity index (χ4v) is 1.63. The molecule has 1 heterocycles. The van der Waals surface area contributed by atoms with Crippen LogP contribution in [0.25, 0.3) is 0 Å². The highest BCUT2D eigenvalue weighted by molar-refractivity contribution is 6.29. The van der Waals surface area contributed by atoms with Crippen molar-refractivity contribution in [2.75, 3.05) is 19.6 Å². The SMILES string of the molecule is C/C(N=C(N)N)=C(/N)Cl.FC(F)CN1CCCCC1. The number of halogens is 3. The maximum Gasteiger partial charge on any atom is 0.251 e. The lowest BCUT2D eigenvalue weighted by molar-refractivity contribution is 0.0788. The third-order valence-corrected chi connectivity index (χ3v) is 2.76. The second-order valence-electron chi connectivity index (χ2n) is 4.22. The number of aliphatic imine (C=N–C) groups is 1. The van der Waals surface area contributed by atoms with Crippen LogP contribution < -0.4 is 17.2 Å². The maximum absolute atomic E-state index is 11.8. The van der Waals surface area contributed by atoms with E-state index in [1.807, 2.05) is 4.90 Å². The minimum atomic E-state index is -2.15. The third kappa shape index (κ3) is 10.5. The molecule has 8 heteroatoms. The molecule has 0 spiro atoms. The van der Waals surface area contributed by atoms with E-state index in [0.29, 0.717) is 5.70 Å². The van der Waals surface area contributed by atoms with Crippen LogP contribution in [-0.4, -0.2) is 36.9 Å². The molecule has 5 nitrogen and oxygen atoms in total. The summed E-state index contributed by atoms with van der Waals surface area (Å²) in [7, 11) is 0. The molecule has 19 heavy (non-hydrogen) atoms. The number of alkyl halides is 2. The van der Waals surface area contributed by atoms with Crippen molar-refractivity contribution >= 4 is 17.6 Å². The highest BCUT2D eigenvalue weighted by atomic mass is 35.5. The molecule has 6 N–H and O–H groups in total. The van der Waals surface area contributed by atoms with E-state index in [0.717, 1.165) is 25.9 Å². The van der Waals surface area contributed by atoms with Crippen LogP contribution >= 0.6 is 11.6 Å². The van der Waals surface area contributed by atoms with Gasteiger partial charge in [0.2, 0.25) is 0 Å². The number of nitrogens with two attached hydrogens (primary N) is 3. The predicted molar refractivity (Wildman–Crippen MR) is 74.8 cm³/mol. The van der Waals surface area contributed by atoms with E-state index in [-0.39, 0.29) is 17.7 Å². The summed E-state index contributed by atoms with van der Waals surface area (Å²) in [6.07, 6.45) is 1.23. The lowest BCUT2D eigenvalue weighted by atomic mass is 10.1. The van der Waals surface area contributed by atoms with Gasteiger partial charge in [0.05, 0.1) is 12.2 Å². The molecule has 0 aromatic heterocycles. The monoisotopic (exact) mass is 297 g/mol. The van der Waals surface area contributed by atoms with Gasteiger partial charge in [-0.1, -0.05) is 18.0 Å². The lowest BCUT2D eigenvalue weighted by Crippen LogP contribution is -2.33. The van der Waals surface area contributed by atoms with Crippen LogP contribution in [0.2, 0.25) is 0 Å². The van der Waals surface area contributed by atoms with Crippen molar-refractivity contribution in [2.45, 2.75) is 32.6 Å². The summed E-state index contributed by atoms with van der Waals surface area (Å²) in [5.41, 5.74) is 15.6. The Kier molecular flexibility index (Phi) is 9.24. The van der Waals surface area contributed by atoms with Crippen molar-refractivity contribution in [3.8, 4) is 0 Å². The first kappa shape index (κ1) is 17.9. The number of guanidine groups is 1. The Labute approximate surface area is 117 Å². The first-order valence-electron chi connectivity index (χ1n) is 6.05. The minimum absolute atomic E-state index is 0.0278. The number of hydrogen-bond donors (Lipinski definition) is 3. The van der Waals surface area contributed by atoms with Crippen molar-refractivity contribution in [3.05, 3.63) is 10.9 Å². The third-order valence-electron chi connectivity index (χ3n) is 2.49. The standard InChI is InChI=1S/C7H13F2N.C4H9ClN4/c8-7(9)6-10-4-2-1-3-5-10;1-2(3(5)6)9-4(7)8/h7H,1-6H2;6H2,1H3,(H4,7,8,9)/b;3-2-. The molecular weight excluding hydrogens is 276 g/mol. The summed E-state index contributed by atoms with van der Waals surface area (Å²) in [5, 5.41) is 0.100. The van der Waals surface area contributed by atoms with Gasteiger partial charge in [0, 0.05) is 0 Å². The number of piperidine rings is 1. The zero-order valence-electron chi connectivity index (χ0n) is 11.1. The topological polar surface area (TPSA) is 93.7 Å². The van der Waals surface area contributed by atoms with Gasteiger partial charge in [-0.15, -0.1) is 0 Å². The van der Waals surface area contributed by atoms with E-state index in [4.69, 9.17) is 28.8 Å². The van der Waals surface area contributed by atoms with Gasteiger partial charge in [0.1, 0.15) is 5.16 Å². The molecule has 0 aromatic carbocycles. The molecular formula is C11H22ClF2N5. The molecule has 1 fully saturated rings. The molecule has 0 bridgehead atoms. The predicted octanol–water partition coefficient (Wildman–Crippen LogP) is 1.38. The molecule has 0 unspecified atom stereocenters. The van der Waals surface area contributed by atoms with Crippen LogP contribution in [0.15, 0.2) is 15.8 Å². The fourth-order valence-electron chi connectivity index (χ4n) is 1.58. The van der Waals surface area contributed by atoms with Gasteiger partial charge in [-0.25, -0.2) is 13.8 Å². The van der Waals surface area contributed by atoms with E-state index in [1.54, 1.807) is 6.92 Å². The second-order valence-corrected chi connectivity index (χ2v) is 4.63. The van der Waals surface area contributed by atoms with Gasteiger partial charge < -0.3 is 17.2 Å². The summed E-state index contributed by atoms with van der Waals surface area (Å²) in [4.78, 5) is 5.41. The number of nitrogens with zero attached hydrogens (tertiary/aromatic N) is 2. The van der Waals surface area contributed by atoms with E-state index >= 15 is 0 Å². The number of hydrogen-bond acceptors (Lipinski definition) is 3. The highest BCUT2D eigenvalue weighted by Gasteiger charge is 2.13. The second kappa shape index (κ2) is 9.80. The van der Waals surface area contributed by atoms with Gasteiger partial charge in [0.15, 0.2) is 5.96 Å². The summed E-state index contributed by atoms with van der Waals surface area (Å²) in [6, 6.07) is 0. The Morgan fingerprint density at radius 3 is 2.05 bits per heavy atom. The fraction of sp³-hybridized carbons (Fsp3) is 0.727. The Hall–Kier alpha value is -1.08. The van der Waals surface area contributed by atoms with Crippen LogP contribution in [-0.2, 0) is 0 Å². The van der Waals surface area contributed by atoms with Gasteiger partial charge in [-0.3, -0.25) is 4.90 Å². The van der Waals surface area contributed by atoms with Crippen molar-refractivity contribution in [1.29, 1.82) is 0 Å². The summed E-state index contributed by atoms with van der Waals surface area (Å²) >= 11 is 5.31. The highest BCUT2D eigenvalue weighted by Crippen LogP contribution is 2.09. The summed E-state index contributed by atoms with van der Waals surface area (Å²) < 4.78 is 23.6. The van der Waals surface area contributed by atoms with Crippen LogP contribution in [0.3, 0.4) is 0 Å². The van der Waals surface area contributed by atoms with Crippen molar-refractivity contribution in [3.63, 3.8) is 0 Å². The molecule has 0 atom stereocenters. The van der Waals surface area contributed by atoms with Crippen LogP contribution in [0.5, 0.6) is 0 Å². The van der Waals surface area contributed by atoms with Crippen LogP contribution in [0, 0.1) is 0 Å². The molecule has 112 valence electrons. The van der Waals surface area contributed by atoms with E-state index in [2.05, 4.69) is 4.99 Å². The number of rotatable bonds is 3. The molecule has 1 saturated heterocycles. The molecule has 0 amide bonds. The molecule has 0 radical (unpaired) electrons. The van der Waals surface area contributed by atoms with E-state index in [9.17, 15) is 8.78 Å². The van der Waals surface area contributed by atoms with Crippen molar-refractivity contribution < 1.29 is 8.78 Å². The van der Waals surface area contributed by atoms with Crippen LogP contribution in [0.1, 0.15) is 26.2 Å². The smallest absolute Gasteiger partial charge is 0.251 e. The lowest BCUT2D eigenvalue weighted by Gasteiger charge is -2.25. The molecule has 0 saturated carbocycles. The maximum atomic E-state index is 11.8. The Bertz CT molecular complexity index is 306. The van der Waals surface area contributed by atoms with E-state index in [1.165, 1.54) is 6.42 Å². The van der Waals surface area contributed by atoms with Gasteiger partial charge in [-0.05, 0) is 32.9 Å². The summed E-state index contributed by atoms with van der Waals surface area (Å²) in [6.45, 7) is 3.32. The Morgan fingerprint density at radius 2 is 1.74 bits per heavy atom. The largest absolute Gasteiger partial charge is 0.388 e. The first-order valence-corrected chi connectivity index (χ1v) is 6.42. The van der Waals surface area contributed by atoms with Crippen molar-refractivity contribution in [1.82, 2.24) is 4.90 Å². The van der Waals surface area contributed by atoms with Gasteiger partial charge in [0.25, 0.3) is 6.43 Å². The number of likely N-dealkylation sites (tertiary alicyclic amines) is 1. The van der Waals surface area contributed by atoms with Crippen LogP contribution in [0.4, 0.5) is 8.78 Å². The zero-order chi connectivity index (χ0) is 14.8. The Morgan fingerprint density at radius 1 is 1.21 bits per heavy atom. The van der Waals surface area contributed by atoms with E-state index < -0.39 is 6.43 Å². The quantitative estimate of drug-likeness (QED) is 0.417.